The van der Waals surface area contributed by atoms with Gasteiger partial charge >= 0.3 is 0 Å². The normalized spacial score (nSPS) is 15.8. The van der Waals surface area contributed by atoms with E-state index in [2.05, 4.69) is 60.6 Å². The molecule has 0 saturated carbocycles. The number of benzene rings is 1. The van der Waals surface area contributed by atoms with Crippen molar-refractivity contribution >= 4 is 29.0 Å². The third-order valence-corrected chi connectivity index (χ3v) is 6.36. The average Bonchev–Trinajstić information content (AvgIpc) is 2.79. The average molecular weight is 407 g/mol. The zero-order valence-electron chi connectivity index (χ0n) is 17.9. The Morgan fingerprint density at radius 3 is 1.78 bits per heavy atom. The Morgan fingerprint density at radius 2 is 1.41 bits per heavy atom. The van der Waals surface area contributed by atoms with Gasteiger partial charge in [0.1, 0.15) is 0 Å². The van der Waals surface area contributed by atoms with Crippen LogP contribution in [-0.2, 0) is 22.0 Å². The maximum atomic E-state index is 12.7. The Morgan fingerprint density at radius 1 is 0.926 bits per heavy atom. The fourth-order valence-electron chi connectivity index (χ4n) is 3.85. The minimum Gasteiger partial charge on any atom is -0.294 e. The summed E-state index contributed by atoms with van der Waals surface area (Å²) >= 11 is 12.4. The van der Waals surface area contributed by atoms with Crippen LogP contribution in [0.5, 0.6) is 0 Å². The third kappa shape index (κ3) is 4.87. The standard InChI is InChI=1S/C24H32Cl2O/c1-14-11-17(22(26)21(14)25)20(27)10-9-16-12-18(23(3,4)5)15(2)19(13-16)24(6,7)8/h12-13H,9-11H2,1-8H3. The molecule has 0 N–H and O–H groups in total. The number of hydrogen-bond donors (Lipinski definition) is 0. The molecule has 148 valence electrons. The highest BCUT2D eigenvalue weighted by Crippen LogP contribution is 2.38. The summed E-state index contributed by atoms with van der Waals surface area (Å²) in [7, 11) is 0. The van der Waals surface area contributed by atoms with Crippen molar-refractivity contribution in [1.82, 2.24) is 0 Å². The number of Topliss-reactive ketones (excluding diaryl/α,β-unsaturated/α-hetero) is 1. The summed E-state index contributed by atoms with van der Waals surface area (Å²) in [4.78, 5) is 12.7. The molecule has 0 radical (unpaired) electrons. The highest BCUT2D eigenvalue weighted by atomic mass is 35.5. The second kappa shape index (κ2) is 7.76. The van der Waals surface area contributed by atoms with Crippen LogP contribution < -0.4 is 0 Å². The van der Waals surface area contributed by atoms with E-state index in [0.29, 0.717) is 28.5 Å². The summed E-state index contributed by atoms with van der Waals surface area (Å²) in [6.45, 7) is 17.6. The molecule has 0 bridgehead atoms. The molecule has 0 heterocycles. The van der Waals surface area contributed by atoms with Crippen molar-refractivity contribution in [3.05, 3.63) is 55.6 Å². The Hall–Kier alpha value is -1.05. The van der Waals surface area contributed by atoms with Gasteiger partial charge in [-0.15, -0.1) is 0 Å². The number of allylic oxidation sites excluding steroid dienone is 4. The zero-order chi connectivity index (χ0) is 20.7. The number of halogens is 2. The van der Waals surface area contributed by atoms with Crippen molar-refractivity contribution in [3.8, 4) is 0 Å². The van der Waals surface area contributed by atoms with Gasteiger partial charge in [-0.1, -0.05) is 76.9 Å². The van der Waals surface area contributed by atoms with Crippen molar-refractivity contribution < 1.29 is 4.79 Å². The summed E-state index contributed by atoms with van der Waals surface area (Å²) in [6, 6.07) is 4.55. The molecule has 0 amide bonds. The van der Waals surface area contributed by atoms with E-state index in [-0.39, 0.29) is 16.6 Å². The van der Waals surface area contributed by atoms with Crippen LogP contribution in [0.25, 0.3) is 0 Å². The second-order valence-corrected chi connectivity index (χ2v) is 10.6. The fraction of sp³-hybridized carbons (Fsp3) is 0.542. The van der Waals surface area contributed by atoms with E-state index in [4.69, 9.17) is 23.2 Å². The van der Waals surface area contributed by atoms with Gasteiger partial charge in [0, 0.05) is 12.0 Å². The summed E-state index contributed by atoms with van der Waals surface area (Å²) in [5.41, 5.74) is 7.06. The topological polar surface area (TPSA) is 17.1 Å². The first-order chi connectivity index (χ1) is 12.2. The number of ketones is 1. The maximum Gasteiger partial charge on any atom is 0.161 e. The van der Waals surface area contributed by atoms with Crippen LogP contribution in [0, 0.1) is 6.92 Å². The first-order valence-corrected chi connectivity index (χ1v) is 10.4. The molecule has 3 heteroatoms. The van der Waals surface area contributed by atoms with Gasteiger partial charge in [0.25, 0.3) is 0 Å². The summed E-state index contributed by atoms with van der Waals surface area (Å²) in [5, 5.41) is 0.981. The summed E-state index contributed by atoms with van der Waals surface area (Å²) in [5.74, 6) is 0.102. The number of rotatable bonds is 4. The molecule has 1 aliphatic carbocycles. The van der Waals surface area contributed by atoms with E-state index in [9.17, 15) is 4.79 Å². The minimum atomic E-state index is 0.0654. The molecule has 27 heavy (non-hydrogen) atoms. The fourth-order valence-corrected chi connectivity index (χ4v) is 4.36. The molecule has 1 aromatic carbocycles. The van der Waals surface area contributed by atoms with Gasteiger partial charge in [-0.3, -0.25) is 4.79 Å². The van der Waals surface area contributed by atoms with E-state index < -0.39 is 0 Å². The Kier molecular flexibility index (Phi) is 6.39. The molecule has 1 nitrogen and oxygen atoms in total. The van der Waals surface area contributed by atoms with Crippen molar-refractivity contribution in [3.63, 3.8) is 0 Å². The lowest BCUT2D eigenvalue weighted by Crippen LogP contribution is -2.20. The van der Waals surface area contributed by atoms with Gasteiger partial charge in [-0.2, -0.15) is 0 Å². The maximum absolute atomic E-state index is 12.7. The van der Waals surface area contributed by atoms with Crippen LogP contribution >= 0.6 is 23.2 Å². The largest absolute Gasteiger partial charge is 0.294 e. The minimum absolute atomic E-state index is 0.0654. The van der Waals surface area contributed by atoms with Gasteiger partial charge in [0.2, 0.25) is 0 Å². The molecule has 0 unspecified atom stereocenters. The van der Waals surface area contributed by atoms with Crippen molar-refractivity contribution in [2.45, 2.75) is 85.5 Å². The molecule has 0 saturated heterocycles. The smallest absolute Gasteiger partial charge is 0.161 e. The van der Waals surface area contributed by atoms with Gasteiger partial charge in [0.15, 0.2) is 5.78 Å². The molecule has 1 aromatic rings. The second-order valence-electron chi connectivity index (χ2n) is 9.80. The van der Waals surface area contributed by atoms with Gasteiger partial charge < -0.3 is 0 Å². The molecular weight excluding hydrogens is 375 g/mol. The first-order valence-electron chi connectivity index (χ1n) is 9.65. The summed E-state index contributed by atoms with van der Waals surface area (Å²) in [6.07, 6.45) is 1.75. The SMILES string of the molecule is CC1=C(Cl)C(Cl)=C(C(=O)CCc2cc(C(C)(C)C)c(C)c(C(C)(C)C)c2)C1. The van der Waals surface area contributed by atoms with E-state index in [1.807, 2.05) is 6.92 Å². The van der Waals surface area contributed by atoms with Gasteiger partial charge in [-0.05, 0) is 65.3 Å². The van der Waals surface area contributed by atoms with Crippen LogP contribution in [0.2, 0.25) is 0 Å². The predicted molar refractivity (Wildman–Crippen MR) is 118 cm³/mol. The highest BCUT2D eigenvalue weighted by molar-refractivity contribution is 6.46. The number of carbonyl (C=O) groups is 1. The van der Waals surface area contributed by atoms with Gasteiger partial charge in [-0.25, -0.2) is 0 Å². The van der Waals surface area contributed by atoms with Crippen LogP contribution in [0.4, 0.5) is 0 Å². The Bertz CT molecular complexity index is 792. The van der Waals surface area contributed by atoms with E-state index in [0.717, 1.165) is 12.0 Å². The summed E-state index contributed by atoms with van der Waals surface area (Å²) < 4.78 is 0. The van der Waals surface area contributed by atoms with E-state index in [1.54, 1.807) is 0 Å². The third-order valence-electron chi connectivity index (χ3n) is 5.34. The molecule has 1 aliphatic rings. The van der Waals surface area contributed by atoms with Gasteiger partial charge in [0.05, 0.1) is 10.1 Å². The molecule has 0 aliphatic heterocycles. The monoisotopic (exact) mass is 406 g/mol. The lowest BCUT2D eigenvalue weighted by molar-refractivity contribution is -0.115. The van der Waals surface area contributed by atoms with Crippen LogP contribution in [-0.4, -0.2) is 5.78 Å². The van der Waals surface area contributed by atoms with Crippen molar-refractivity contribution in [2.24, 2.45) is 0 Å². The van der Waals surface area contributed by atoms with Crippen LogP contribution in [0.1, 0.15) is 83.6 Å². The van der Waals surface area contributed by atoms with E-state index in [1.165, 1.54) is 22.3 Å². The predicted octanol–water partition coefficient (Wildman–Crippen LogP) is 7.50. The van der Waals surface area contributed by atoms with Crippen molar-refractivity contribution in [2.75, 3.05) is 0 Å². The molecule has 2 rings (SSSR count). The lowest BCUT2D eigenvalue weighted by Gasteiger charge is -2.30. The molecule has 0 aromatic heterocycles. The lowest BCUT2D eigenvalue weighted by atomic mass is 9.75. The van der Waals surface area contributed by atoms with Crippen molar-refractivity contribution in [1.29, 1.82) is 0 Å². The first kappa shape index (κ1) is 22.2. The molecule has 0 atom stereocenters. The van der Waals surface area contributed by atoms with Crippen LogP contribution in [0.15, 0.2) is 33.3 Å². The number of carbonyl (C=O) groups excluding carboxylic acids is 1. The van der Waals surface area contributed by atoms with Crippen LogP contribution in [0.3, 0.4) is 0 Å². The number of aryl methyl sites for hydroxylation is 1. The number of hydrogen-bond acceptors (Lipinski definition) is 1. The van der Waals surface area contributed by atoms with E-state index >= 15 is 0 Å². The Labute approximate surface area is 174 Å². The molecule has 0 spiro atoms. The molecule has 0 fully saturated rings. The zero-order valence-corrected chi connectivity index (χ0v) is 19.5. The molecular formula is C24H32Cl2O. The highest BCUT2D eigenvalue weighted by Gasteiger charge is 2.26. The quantitative estimate of drug-likeness (QED) is 0.505. The Balaban J connectivity index is 2.31.